The van der Waals surface area contributed by atoms with Gasteiger partial charge in [-0.05, 0) is 44.0 Å². The van der Waals surface area contributed by atoms with Gasteiger partial charge < -0.3 is 15.2 Å². The zero-order chi connectivity index (χ0) is 13.9. The standard InChI is InChI=1S/C15H24ClNO2/c1-2-17-12-13-11-14(16)7-8-15(13)19-10-6-4-3-5-9-18/h7-8,11,17-18H,2-6,9-10,12H2,1H3. The summed E-state index contributed by atoms with van der Waals surface area (Å²) in [5, 5.41) is 12.7. The summed E-state index contributed by atoms with van der Waals surface area (Å²) in [7, 11) is 0. The number of hydrogen-bond donors (Lipinski definition) is 2. The molecule has 0 saturated heterocycles. The van der Waals surface area contributed by atoms with E-state index in [-0.39, 0.29) is 6.61 Å². The molecule has 0 amide bonds. The van der Waals surface area contributed by atoms with E-state index in [9.17, 15) is 0 Å². The van der Waals surface area contributed by atoms with Gasteiger partial charge in [-0.1, -0.05) is 24.9 Å². The van der Waals surface area contributed by atoms with Crippen LogP contribution in [0.5, 0.6) is 5.75 Å². The molecule has 0 aliphatic carbocycles. The van der Waals surface area contributed by atoms with E-state index in [4.69, 9.17) is 21.4 Å². The van der Waals surface area contributed by atoms with Crippen molar-refractivity contribution in [3.05, 3.63) is 28.8 Å². The third-order valence-electron chi connectivity index (χ3n) is 2.90. The van der Waals surface area contributed by atoms with E-state index in [0.717, 1.165) is 55.1 Å². The molecule has 2 N–H and O–H groups in total. The summed E-state index contributed by atoms with van der Waals surface area (Å²) in [6, 6.07) is 5.74. The van der Waals surface area contributed by atoms with Gasteiger partial charge in [0.2, 0.25) is 0 Å². The van der Waals surface area contributed by atoms with Crippen LogP contribution >= 0.6 is 11.6 Å². The molecule has 0 atom stereocenters. The second-order valence-corrected chi connectivity index (χ2v) is 4.96. The first-order valence-corrected chi connectivity index (χ1v) is 7.38. The lowest BCUT2D eigenvalue weighted by atomic mass is 10.2. The Balaban J connectivity index is 2.38. The molecule has 0 aliphatic heterocycles. The van der Waals surface area contributed by atoms with Crippen LogP contribution in [-0.2, 0) is 6.54 Å². The van der Waals surface area contributed by atoms with Crippen LogP contribution in [0.25, 0.3) is 0 Å². The minimum Gasteiger partial charge on any atom is -0.493 e. The maximum atomic E-state index is 8.69. The number of rotatable bonds is 10. The molecule has 0 radical (unpaired) electrons. The average Bonchev–Trinajstić information content (AvgIpc) is 2.42. The van der Waals surface area contributed by atoms with Crippen molar-refractivity contribution in [1.29, 1.82) is 0 Å². The van der Waals surface area contributed by atoms with E-state index in [0.29, 0.717) is 6.61 Å². The van der Waals surface area contributed by atoms with Crippen molar-refractivity contribution < 1.29 is 9.84 Å². The van der Waals surface area contributed by atoms with Crippen LogP contribution in [0.2, 0.25) is 5.02 Å². The summed E-state index contributed by atoms with van der Waals surface area (Å²) in [5.74, 6) is 0.910. The highest BCUT2D eigenvalue weighted by Gasteiger charge is 2.04. The highest BCUT2D eigenvalue weighted by molar-refractivity contribution is 6.30. The van der Waals surface area contributed by atoms with Crippen molar-refractivity contribution in [3.63, 3.8) is 0 Å². The van der Waals surface area contributed by atoms with E-state index in [2.05, 4.69) is 12.2 Å². The van der Waals surface area contributed by atoms with Gasteiger partial charge in [-0.2, -0.15) is 0 Å². The summed E-state index contributed by atoms with van der Waals surface area (Å²) in [6.45, 7) is 4.77. The first-order chi connectivity index (χ1) is 9.27. The van der Waals surface area contributed by atoms with Crippen molar-refractivity contribution in [2.75, 3.05) is 19.8 Å². The Labute approximate surface area is 120 Å². The first kappa shape index (κ1) is 16.3. The molecule has 0 fully saturated rings. The Hall–Kier alpha value is -0.770. The monoisotopic (exact) mass is 285 g/mol. The van der Waals surface area contributed by atoms with Crippen molar-refractivity contribution in [3.8, 4) is 5.75 Å². The van der Waals surface area contributed by atoms with Gasteiger partial charge in [-0.3, -0.25) is 0 Å². The van der Waals surface area contributed by atoms with Gasteiger partial charge in [0.25, 0.3) is 0 Å². The van der Waals surface area contributed by atoms with Crippen LogP contribution in [0.3, 0.4) is 0 Å². The van der Waals surface area contributed by atoms with E-state index >= 15 is 0 Å². The van der Waals surface area contributed by atoms with Gasteiger partial charge in [0.05, 0.1) is 6.61 Å². The maximum absolute atomic E-state index is 8.69. The van der Waals surface area contributed by atoms with Gasteiger partial charge in [0.1, 0.15) is 5.75 Å². The van der Waals surface area contributed by atoms with Gasteiger partial charge >= 0.3 is 0 Å². The molecule has 108 valence electrons. The van der Waals surface area contributed by atoms with E-state index in [1.165, 1.54) is 0 Å². The lowest BCUT2D eigenvalue weighted by Crippen LogP contribution is -2.13. The van der Waals surface area contributed by atoms with Gasteiger partial charge in [0, 0.05) is 23.7 Å². The minimum atomic E-state index is 0.283. The third kappa shape index (κ3) is 6.81. The van der Waals surface area contributed by atoms with Crippen LogP contribution in [0.4, 0.5) is 0 Å². The number of aliphatic hydroxyl groups is 1. The topological polar surface area (TPSA) is 41.5 Å². The normalized spacial score (nSPS) is 10.7. The molecule has 0 spiro atoms. The SMILES string of the molecule is CCNCc1cc(Cl)ccc1OCCCCCCO. The first-order valence-electron chi connectivity index (χ1n) is 7.00. The van der Waals surface area contributed by atoms with Crippen molar-refractivity contribution in [2.45, 2.75) is 39.2 Å². The molecule has 3 nitrogen and oxygen atoms in total. The van der Waals surface area contributed by atoms with Crippen LogP contribution in [-0.4, -0.2) is 24.9 Å². The molecular weight excluding hydrogens is 262 g/mol. The fourth-order valence-electron chi connectivity index (χ4n) is 1.84. The fraction of sp³-hybridized carbons (Fsp3) is 0.600. The Bertz CT molecular complexity index is 358. The molecule has 0 unspecified atom stereocenters. The van der Waals surface area contributed by atoms with Crippen molar-refractivity contribution in [2.24, 2.45) is 0 Å². The predicted octanol–water partition coefficient (Wildman–Crippen LogP) is 3.38. The molecule has 0 saturated carbocycles. The van der Waals surface area contributed by atoms with Crippen molar-refractivity contribution >= 4 is 11.6 Å². The number of aliphatic hydroxyl groups excluding tert-OH is 1. The van der Waals surface area contributed by atoms with Crippen LogP contribution in [0.1, 0.15) is 38.2 Å². The second kappa shape index (κ2) is 10.1. The smallest absolute Gasteiger partial charge is 0.123 e. The second-order valence-electron chi connectivity index (χ2n) is 4.52. The zero-order valence-electron chi connectivity index (χ0n) is 11.6. The molecule has 0 aliphatic rings. The van der Waals surface area contributed by atoms with Crippen LogP contribution in [0, 0.1) is 0 Å². The predicted molar refractivity (Wildman–Crippen MR) is 79.9 cm³/mol. The highest BCUT2D eigenvalue weighted by atomic mass is 35.5. The molecule has 1 aromatic rings. The molecule has 1 aromatic carbocycles. The Morgan fingerprint density at radius 3 is 2.74 bits per heavy atom. The molecule has 19 heavy (non-hydrogen) atoms. The number of ether oxygens (including phenoxy) is 1. The quantitative estimate of drug-likeness (QED) is 0.648. The lowest BCUT2D eigenvalue weighted by Gasteiger charge is -2.12. The Kier molecular flexibility index (Phi) is 8.63. The van der Waals surface area contributed by atoms with Gasteiger partial charge in [-0.15, -0.1) is 0 Å². The summed E-state index contributed by atoms with van der Waals surface area (Å²) in [6.07, 6.45) is 4.05. The van der Waals surface area contributed by atoms with Crippen LogP contribution < -0.4 is 10.1 Å². The van der Waals surface area contributed by atoms with Crippen molar-refractivity contribution in [1.82, 2.24) is 5.32 Å². The van der Waals surface area contributed by atoms with E-state index < -0.39 is 0 Å². The largest absolute Gasteiger partial charge is 0.493 e. The number of halogens is 1. The number of hydrogen-bond acceptors (Lipinski definition) is 3. The van der Waals surface area contributed by atoms with Crippen LogP contribution in [0.15, 0.2) is 18.2 Å². The Morgan fingerprint density at radius 1 is 1.21 bits per heavy atom. The van der Waals surface area contributed by atoms with Gasteiger partial charge in [0.15, 0.2) is 0 Å². The fourth-order valence-corrected chi connectivity index (χ4v) is 2.03. The van der Waals surface area contributed by atoms with E-state index in [1.807, 2.05) is 18.2 Å². The summed E-state index contributed by atoms with van der Waals surface area (Å²) < 4.78 is 5.81. The Morgan fingerprint density at radius 2 is 2.00 bits per heavy atom. The molecule has 0 bridgehead atoms. The summed E-state index contributed by atoms with van der Waals surface area (Å²) >= 11 is 6.01. The molecular formula is C15H24ClNO2. The highest BCUT2D eigenvalue weighted by Crippen LogP contribution is 2.23. The lowest BCUT2D eigenvalue weighted by molar-refractivity contribution is 0.272. The number of nitrogens with one attached hydrogen (secondary N) is 1. The zero-order valence-corrected chi connectivity index (χ0v) is 12.4. The summed E-state index contributed by atoms with van der Waals surface area (Å²) in [5.41, 5.74) is 1.10. The molecule has 0 aromatic heterocycles. The number of unbranched alkanes of at least 4 members (excludes halogenated alkanes) is 3. The van der Waals surface area contributed by atoms with Gasteiger partial charge in [-0.25, -0.2) is 0 Å². The summed E-state index contributed by atoms with van der Waals surface area (Å²) in [4.78, 5) is 0. The molecule has 1 rings (SSSR count). The molecule has 4 heteroatoms. The van der Waals surface area contributed by atoms with E-state index in [1.54, 1.807) is 0 Å². The average molecular weight is 286 g/mol. The molecule has 0 heterocycles. The third-order valence-corrected chi connectivity index (χ3v) is 3.13. The maximum Gasteiger partial charge on any atom is 0.123 e. The number of benzene rings is 1. The minimum absolute atomic E-state index is 0.283.